The first-order valence-corrected chi connectivity index (χ1v) is 8.73. The zero-order valence-corrected chi connectivity index (χ0v) is 15.3. The van der Waals surface area contributed by atoms with Crippen LogP contribution in [0.5, 0.6) is 11.5 Å². The van der Waals surface area contributed by atoms with Gasteiger partial charge in [0.1, 0.15) is 35.6 Å². The van der Waals surface area contributed by atoms with Crippen LogP contribution in [-0.4, -0.2) is 11.0 Å². The monoisotopic (exact) mass is 388 g/mol. The second kappa shape index (κ2) is 9.20. The van der Waals surface area contributed by atoms with E-state index in [1.54, 1.807) is 36.4 Å². The van der Waals surface area contributed by atoms with Crippen molar-refractivity contribution in [3.8, 4) is 17.6 Å². The number of carbonyl (C=O) groups excluding carboxylic acids is 1. The predicted octanol–water partition coefficient (Wildman–Crippen LogP) is 4.66. The Bertz CT molecular complexity index is 1070. The van der Waals surface area contributed by atoms with Gasteiger partial charge in [-0.15, -0.1) is 0 Å². The standard InChI is InChI=1S/C23H17FN2O3/c24-19-7-5-16(6-8-19)15-29-22-4-2-1-3-17(22)13-18(14-25)23(28)26-20-9-11-21(27)12-10-20/h1-13,27H,15H2,(H,26,28)/b18-13+. The largest absolute Gasteiger partial charge is 0.508 e. The van der Waals surface area contributed by atoms with Crippen molar-refractivity contribution in [3.05, 3.63) is 95.3 Å². The van der Waals surface area contributed by atoms with Crippen LogP contribution < -0.4 is 10.1 Å². The highest BCUT2D eigenvalue weighted by Crippen LogP contribution is 2.23. The van der Waals surface area contributed by atoms with Crippen molar-refractivity contribution in [3.63, 3.8) is 0 Å². The molecule has 3 aromatic carbocycles. The van der Waals surface area contributed by atoms with Crippen molar-refractivity contribution < 1.29 is 19.0 Å². The highest BCUT2D eigenvalue weighted by molar-refractivity contribution is 6.09. The van der Waals surface area contributed by atoms with E-state index in [-0.39, 0.29) is 23.7 Å². The van der Waals surface area contributed by atoms with Gasteiger partial charge in [0.15, 0.2) is 0 Å². The fourth-order valence-electron chi connectivity index (χ4n) is 2.52. The lowest BCUT2D eigenvalue weighted by molar-refractivity contribution is -0.112. The third-order valence-electron chi connectivity index (χ3n) is 4.02. The molecule has 0 fully saturated rings. The molecule has 0 unspecified atom stereocenters. The van der Waals surface area contributed by atoms with Gasteiger partial charge in [-0.2, -0.15) is 5.26 Å². The van der Waals surface area contributed by atoms with Crippen LogP contribution >= 0.6 is 0 Å². The second-order valence-electron chi connectivity index (χ2n) is 6.12. The van der Waals surface area contributed by atoms with Crippen LogP contribution in [0.25, 0.3) is 6.08 Å². The summed E-state index contributed by atoms with van der Waals surface area (Å²) in [6, 6.07) is 20.8. The van der Waals surface area contributed by atoms with Crippen LogP contribution in [0.2, 0.25) is 0 Å². The number of nitrogens with one attached hydrogen (secondary N) is 1. The Labute approximate surface area is 167 Å². The summed E-state index contributed by atoms with van der Waals surface area (Å²) < 4.78 is 18.8. The number of para-hydroxylation sites is 1. The first kappa shape index (κ1) is 19.6. The Morgan fingerprint density at radius 1 is 1.07 bits per heavy atom. The molecule has 5 nitrogen and oxygen atoms in total. The number of aromatic hydroxyl groups is 1. The van der Waals surface area contributed by atoms with E-state index in [0.29, 0.717) is 17.0 Å². The molecule has 0 aliphatic carbocycles. The van der Waals surface area contributed by atoms with Gasteiger partial charge in [0.2, 0.25) is 0 Å². The number of ether oxygens (including phenoxy) is 1. The number of carbonyl (C=O) groups is 1. The van der Waals surface area contributed by atoms with Crippen molar-refractivity contribution >= 4 is 17.7 Å². The molecule has 0 aromatic heterocycles. The lowest BCUT2D eigenvalue weighted by atomic mass is 10.1. The maximum Gasteiger partial charge on any atom is 0.266 e. The van der Waals surface area contributed by atoms with E-state index in [1.165, 1.54) is 42.5 Å². The summed E-state index contributed by atoms with van der Waals surface area (Å²) in [5.74, 6) is -0.338. The number of nitrogens with zero attached hydrogens (tertiary/aromatic N) is 1. The first-order chi connectivity index (χ1) is 14.0. The molecule has 1 amide bonds. The zero-order valence-electron chi connectivity index (χ0n) is 15.3. The number of amides is 1. The summed E-state index contributed by atoms with van der Waals surface area (Å²) in [5.41, 5.74) is 1.70. The third-order valence-corrected chi connectivity index (χ3v) is 4.02. The molecule has 0 saturated heterocycles. The number of halogens is 1. The van der Waals surface area contributed by atoms with E-state index in [2.05, 4.69) is 5.32 Å². The number of phenolic OH excluding ortho intramolecular Hbond substituents is 1. The quantitative estimate of drug-likeness (QED) is 0.366. The Balaban J connectivity index is 1.76. The summed E-state index contributed by atoms with van der Waals surface area (Å²) >= 11 is 0. The molecular weight excluding hydrogens is 371 g/mol. The summed E-state index contributed by atoms with van der Waals surface area (Å²) in [5, 5.41) is 21.3. The van der Waals surface area contributed by atoms with Crippen molar-refractivity contribution in [2.45, 2.75) is 6.61 Å². The molecule has 144 valence electrons. The number of benzene rings is 3. The maximum atomic E-state index is 13.0. The summed E-state index contributed by atoms with van der Waals surface area (Å²) in [6.45, 7) is 0.215. The Hall–Kier alpha value is -4.11. The van der Waals surface area contributed by atoms with Crippen LogP contribution in [0.3, 0.4) is 0 Å². The molecule has 3 aromatic rings. The fourth-order valence-corrected chi connectivity index (χ4v) is 2.52. The average Bonchev–Trinajstić information content (AvgIpc) is 2.74. The Morgan fingerprint density at radius 3 is 2.45 bits per heavy atom. The normalized spacial score (nSPS) is 10.8. The zero-order chi connectivity index (χ0) is 20.6. The number of hydrogen-bond acceptors (Lipinski definition) is 4. The van der Waals surface area contributed by atoms with Gasteiger partial charge in [-0.1, -0.05) is 30.3 Å². The van der Waals surface area contributed by atoms with Gasteiger partial charge in [-0.25, -0.2) is 4.39 Å². The molecule has 0 bridgehead atoms. The molecule has 2 N–H and O–H groups in total. The summed E-state index contributed by atoms with van der Waals surface area (Å²) in [7, 11) is 0. The van der Waals surface area contributed by atoms with Crippen LogP contribution in [0.4, 0.5) is 10.1 Å². The molecule has 0 saturated carbocycles. The first-order valence-electron chi connectivity index (χ1n) is 8.73. The highest BCUT2D eigenvalue weighted by Gasteiger charge is 2.11. The third kappa shape index (κ3) is 5.44. The van der Waals surface area contributed by atoms with E-state index in [4.69, 9.17) is 4.74 Å². The van der Waals surface area contributed by atoms with E-state index in [0.717, 1.165) is 5.56 Å². The second-order valence-corrected chi connectivity index (χ2v) is 6.12. The van der Waals surface area contributed by atoms with E-state index < -0.39 is 5.91 Å². The molecule has 0 heterocycles. The van der Waals surface area contributed by atoms with Crippen molar-refractivity contribution in [2.24, 2.45) is 0 Å². The topological polar surface area (TPSA) is 82.3 Å². The molecule has 3 rings (SSSR count). The van der Waals surface area contributed by atoms with Crippen LogP contribution in [-0.2, 0) is 11.4 Å². The minimum atomic E-state index is -0.577. The number of rotatable bonds is 6. The van der Waals surface area contributed by atoms with Gasteiger partial charge in [0.25, 0.3) is 5.91 Å². The van der Waals surface area contributed by atoms with E-state index in [1.807, 2.05) is 6.07 Å². The van der Waals surface area contributed by atoms with Crippen LogP contribution in [0.15, 0.2) is 78.4 Å². The summed E-state index contributed by atoms with van der Waals surface area (Å²) in [4.78, 5) is 12.4. The van der Waals surface area contributed by atoms with Gasteiger partial charge in [-0.3, -0.25) is 4.79 Å². The van der Waals surface area contributed by atoms with E-state index in [9.17, 15) is 19.6 Å². The summed E-state index contributed by atoms with van der Waals surface area (Å²) in [6.07, 6.45) is 1.44. The van der Waals surface area contributed by atoms with Gasteiger partial charge in [0, 0.05) is 11.3 Å². The lowest BCUT2D eigenvalue weighted by Crippen LogP contribution is -2.13. The van der Waals surface area contributed by atoms with Crippen molar-refractivity contribution in [2.75, 3.05) is 5.32 Å². The van der Waals surface area contributed by atoms with Crippen LogP contribution in [0.1, 0.15) is 11.1 Å². The Kier molecular flexibility index (Phi) is 6.23. The van der Waals surface area contributed by atoms with Gasteiger partial charge in [0.05, 0.1) is 0 Å². The molecule has 0 aliphatic rings. The fraction of sp³-hybridized carbons (Fsp3) is 0.0435. The van der Waals surface area contributed by atoms with Gasteiger partial charge < -0.3 is 15.2 Å². The van der Waals surface area contributed by atoms with Crippen LogP contribution in [0, 0.1) is 17.1 Å². The van der Waals surface area contributed by atoms with Crippen molar-refractivity contribution in [1.82, 2.24) is 0 Å². The minimum Gasteiger partial charge on any atom is -0.508 e. The minimum absolute atomic E-state index is 0.0753. The van der Waals surface area contributed by atoms with Crippen molar-refractivity contribution in [1.29, 1.82) is 5.26 Å². The Morgan fingerprint density at radius 2 is 1.76 bits per heavy atom. The number of nitriles is 1. The molecule has 0 spiro atoms. The molecule has 0 radical (unpaired) electrons. The molecule has 0 aliphatic heterocycles. The van der Waals surface area contributed by atoms with Gasteiger partial charge >= 0.3 is 0 Å². The average molecular weight is 388 g/mol. The molecule has 6 heteroatoms. The number of anilines is 1. The SMILES string of the molecule is N#C/C(=C\c1ccccc1OCc1ccc(F)cc1)C(=O)Nc1ccc(O)cc1. The maximum absolute atomic E-state index is 13.0. The predicted molar refractivity (Wildman–Crippen MR) is 108 cm³/mol. The number of hydrogen-bond donors (Lipinski definition) is 2. The lowest BCUT2D eigenvalue weighted by Gasteiger charge is -2.10. The number of phenols is 1. The molecule has 0 atom stereocenters. The smallest absolute Gasteiger partial charge is 0.266 e. The highest BCUT2D eigenvalue weighted by atomic mass is 19.1. The van der Waals surface area contributed by atoms with E-state index >= 15 is 0 Å². The molecular formula is C23H17FN2O3. The molecule has 29 heavy (non-hydrogen) atoms. The van der Waals surface area contributed by atoms with Gasteiger partial charge in [-0.05, 0) is 54.1 Å².